The molecule has 2 aliphatic heterocycles. The van der Waals surface area contributed by atoms with Crippen molar-refractivity contribution in [3.05, 3.63) is 59.7 Å². The monoisotopic (exact) mass is 364 g/mol. The summed E-state index contributed by atoms with van der Waals surface area (Å²) in [5, 5.41) is 0. The van der Waals surface area contributed by atoms with Gasteiger partial charge >= 0.3 is 0 Å². The fourth-order valence-corrected chi connectivity index (χ4v) is 3.82. The standard InChI is InChI=1S/C22H24N2O3/c1-16-5-4-12-23(13-16)22(26)18-10-8-17(9-11-18)14-24-19-6-2-3-7-20(19)27-15-21(24)25/h2-3,6-11,16H,4-5,12-15H2,1H3. The van der Waals surface area contributed by atoms with Crippen molar-refractivity contribution in [3.63, 3.8) is 0 Å². The van der Waals surface area contributed by atoms with Crippen LogP contribution in [0.3, 0.4) is 0 Å². The van der Waals surface area contributed by atoms with Gasteiger partial charge in [-0.15, -0.1) is 0 Å². The van der Waals surface area contributed by atoms with Gasteiger partial charge in [0.05, 0.1) is 12.2 Å². The average molecular weight is 364 g/mol. The van der Waals surface area contributed by atoms with Gasteiger partial charge in [-0.2, -0.15) is 0 Å². The maximum absolute atomic E-state index is 12.7. The topological polar surface area (TPSA) is 49.9 Å². The van der Waals surface area contributed by atoms with E-state index in [9.17, 15) is 9.59 Å². The molecule has 0 N–H and O–H groups in total. The first kappa shape index (κ1) is 17.6. The molecule has 1 saturated heterocycles. The molecule has 1 unspecified atom stereocenters. The van der Waals surface area contributed by atoms with Gasteiger partial charge in [-0.05, 0) is 48.6 Å². The van der Waals surface area contributed by atoms with Crippen molar-refractivity contribution in [2.75, 3.05) is 24.6 Å². The first-order valence-corrected chi connectivity index (χ1v) is 9.52. The van der Waals surface area contributed by atoms with E-state index in [4.69, 9.17) is 4.74 Å². The van der Waals surface area contributed by atoms with Crippen LogP contribution < -0.4 is 9.64 Å². The molecule has 0 aromatic heterocycles. The van der Waals surface area contributed by atoms with Gasteiger partial charge in [-0.1, -0.05) is 31.2 Å². The Kier molecular flexibility index (Phi) is 4.84. The summed E-state index contributed by atoms with van der Waals surface area (Å²) < 4.78 is 5.49. The van der Waals surface area contributed by atoms with E-state index in [2.05, 4.69) is 6.92 Å². The molecule has 0 aliphatic carbocycles. The van der Waals surface area contributed by atoms with Gasteiger partial charge in [0.25, 0.3) is 11.8 Å². The van der Waals surface area contributed by atoms with Gasteiger partial charge < -0.3 is 14.5 Å². The molecule has 0 saturated carbocycles. The van der Waals surface area contributed by atoms with Gasteiger partial charge in [0.1, 0.15) is 5.75 Å². The smallest absolute Gasteiger partial charge is 0.265 e. The SMILES string of the molecule is CC1CCCN(C(=O)c2ccc(CN3C(=O)COc4ccccc43)cc2)C1. The second-order valence-corrected chi connectivity index (χ2v) is 7.43. The summed E-state index contributed by atoms with van der Waals surface area (Å²) in [5.41, 5.74) is 2.49. The molecule has 0 radical (unpaired) electrons. The van der Waals surface area contributed by atoms with Crippen LogP contribution >= 0.6 is 0 Å². The number of hydrogen-bond acceptors (Lipinski definition) is 3. The van der Waals surface area contributed by atoms with Crippen LogP contribution in [0.4, 0.5) is 5.69 Å². The van der Waals surface area contributed by atoms with Gasteiger partial charge in [-0.25, -0.2) is 0 Å². The van der Waals surface area contributed by atoms with E-state index in [1.807, 2.05) is 53.4 Å². The van der Waals surface area contributed by atoms with Crippen molar-refractivity contribution in [3.8, 4) is 5.75 Å². The molecule has 2 aromatic rings. The number of carbonyl (C=O) groups excluding carboxylic acids is 2. The van der Waals surface area contributed by atoms with E-state index in [1.165, 1.54) is 6.42 Å². The van der Waals surface area contributed by atoms with Crippen LogP contribution in [0.2, 0.25) is 0 Å². The number of ether oxygens (including phenoxy) is 1. The van der Waals surface area contributed by atoms with Gasteiger partial charge in [0, 0.05) is 18.7 Å². The Balaban J connectivity index is 1.48. The van der Waals surface area contributed by atoms with E-state index < -0.39 is 0 Å². The van der Waals surface area contributed by atoms with Gasteiger partial charge in [0.2, 0.25) is 0 Å². The highest BCUT2D eigenvalue weighted by Gasteiger charge is 2.25. The molecule has 5 heteroatoms. The number of nitrogens with zero attached hydrogens (tertiary/aromatic N) is 2. The van der Waals surface area contributed by atoms with Crippen molar-refractivity contribution < 1.29 is 14.3 Å². The largest absolute Gasteiger partial charge is 0.482 e. The predicted molar refractivity (Wildman–Crippen MR) is 104 cm³/mol. The third-order valence-electron chi connectivity index (χ3n) is 5.29. The van der Waals surface area contributed by atoms with Crippen LogP contribution in [0, 0.1) is 5.92 Å². The first-order chi connectivity index (χ1) is 13.1. The fraction of sp³-hybridized carbons (Fsp3) is 0.364. The summed E-state index contributed by atoms with van der Waals surface area (Å²) in [6.45, 7) is 4.39. The predicted octanol–water partition coefficient (Wildman–Crippen LogP) is 3.48. The van der Waals surface area contributed by atoms with Crippen molar-refractivity contribution in [2.45, 2.75) is 26.3 Å². The molecule has 0 spiro atoms. The number of amides is 2. The molecular formula is C22H24N2O3. The lowest BCUT2D eigenvalue weighted by Gasteiger charge is -2.31. The zero-order valence-electron chi connectivity index (χ0n) is 15.6. The molecule has 4 rings (SSSR count). The summed E-state index contributed by atoms with van der Waals surface area (Å²) >= 11 is 0. The number of anilines is 1. The highest BCUT2D eigenvalue weighted by molar-refractivity contribution is 5.98. The zero-order chi connectivity index (χ0) is 18.8. The number of hydrogen-bond donors (Lipinski definition) is 0. The minimum Gasteiger partial charge on any atom is -0.482 e. The van der Waals surface area contributed by atoms with Crippen LogP contribution in [-0.2, 0) is 11.3 Å². The van der Waals surface area contributed by atoms with Crippen LogP contribution in [-0.4, -0.2) is 36.4 Å². The highest BCUT2D eigenvalue weighted by Crippen LogP contribution is 2.32. The molecule has 2 aromatic carbocycles. The lowest BCUT2D eigenvalue weighted by Crippen LogP contribution is -2.39. The maximum atomic E-state index is 12.7. The Morgan fingerprint density at radius 2 is 1.93 bits per heavy atom. The molecule has 0 bridgehead atoms. The highest BCUT2D eigenvalue weighted by atomic mass is 16.5. The third kappa shape index (κ3) is 3.68. The number of benzene rings is 2. The zero-order valence-corrected chi connectivity index (χ0v) is 15.6. The lowest BCUT2D eigenvalue weighted by atomic mass is 9.99. The van der Waals surface area contributed by atoms with Crippen LogP contribution in [0.1, 0.15) is 35.7 Å². The molecule has 2 aliphatic rings. The lowest BCUT2D eigenvalue weighted by molar-refractivity contribution is -0.121. The Bertz CT molecular complexity index is 847. The van der Waals surface area contributed by atoms with Crippen molar-refractivity contribution in [1.82, 2.24) is 4.90 Å². The third-order valence-corrected chi connectivity index (χ3v) is 5.29. The number of para-hydroxylation sites is 2. The van der Waals surface area contributed by atoms with E-state index in [0.717, 1.165) is 36.5 Å². The molecule has 5 nitrogen and oxygen atoms in total. The summed E-state index contributed by atoms with van der Waals surface area (Å²) in [6.07, 6.45) is 2.27. The number of fused-ring (bicyclic) bond motifs is 1. The summed E-state index contributed by atoms with van der Waals surface area (Å²) in [6, 6.07) is 15.2. The average Bonchev–Trinajstić information content (AvgIpc) is 2.70. The van der Waals surface area contributed by atoms with E-state index in [-0.39, 0.29) is 18.4 Å². The minimum absolute atomic E-state index is 0.0563. The van der Waals surface area contributed by atoms with E-state index >= 15 is 0 Å². The Labute approximate surface area is 159 Å². The summed E-state index contributed by atoms with van der Waals surface area (Å²) in [5.74, 6) is 1.33. The normalized spacial score (nSPS) is 19.4. The van der Waals surface area contributed by atoms with Crippen molar-refractivity contribution in [1.29, 1.82) is 0 Å². The quantitative estimate of drug-likeness (QED) is 0.838. The minimum atomic E-state index is -0.0591. The van der Waals surface area contributed by atoms with E-state index in [1.54, 1.807) is 4.90 Å². The van der Waals surface area contributed by atoms with Gasteiger partial charge in [-0.3, -0.25) is 9.59 Å². The number of carbonyl (C=O) groups is 2. The second kappa shape index (κ2) is 7.43. The number of piperidine rings is 1. The summed E-state index contributed by atoms with van der Waals surface area (Å²) in [7, 11) is 0. The maximum Gasteiger partial charge on any atom is 0.265 e. The van der Waals surface area contributed by atoms with Crippen molar-refractivity contribution >= 4 is 17.5 Å². The van der Waals surface area contributed by atoms with Gasteiger partial charge in [0.15, 0.2) is 6.61 Å². The molecule has 2 heterocycles. The van der Waals surface area contributed by atoms with Crippen LogP contribution in [0.15, 0.2) is 48.5 Å². The van der Waals surface area contributed by atoms with Crippen LogP contribution in [0.25, 0.3) is 0 Å². The first-order valence-electron chi connectivity index (χ1n) is 9.52. The fourth-order valence-electron chi connectivity index (χ4n) is 3.82. The number of likely N-dealkylation sites (tertiary alicyclic amines) is 1. The molecule has 1 fully saturated rings. The van der Waals surface area contributed by atoms with E-state index in [0.29, 0.717) is 18.0 Å². The Morgan fingerprint density at radius 1 is 1.15 bits per heavy atom. The second-order valence-electron chi connectivity index (χ2n) is 7.43. The Hall–Kier alpha value is -2.82. The summed E-state index contributed by atoms with van der Waals surface area (Å²) in [4.78, 5) is 28.7. The molecule has 140 valence electrons. The molecular weight excluding hydrogens is 340 g/mol. The van der Waals surface area contributed by atoms with Crippen LogP contribution in [0.5, 0.6) is 5.75 Å². The molecule has 27 heavy (non-hydrogen) atoms. The molecule has 1 atom stereocenters. The molecule has 2 amide bonds. The Morgan fingerprint density at radius 3 is 2.70 bits per heavy atom. The number of rotatable bonds is 3. The van der Waals surface area contributed by atoms with Crippen molar-refractivity contribution in [2.24, 2.45) is 5.92 Å².